The molecule has 0 aliphatic carbocycles. The topological polar surface area (TPSA) is 110 Å². The van der Waals surface area contributed by atoms with Crippen LogP contribution in [0.1, 0.15) is 34.0 Å². The van der Waals surface area contributed by atoms with Gasteiger partial charge in [0.05, 0.1) is 31.3 Å². The van der Waals surface area contributed by atoms with Crippen LogP contribution in [-0.2, 0) is 4.79 Å². The molecule has 0 saturated heterocycles. The summed E-state index contributed by atoms with van der Waals surface area (Å²) in [6.45, 7) is 0. The molecule has 0 radical (unpaired) electrons. The number of anilines is 1. The molecule has 1 unspecified atom stereocenters. The first-order chi connectivity index (χ1) is 14.4. The number of benzene rings is 2. The average molecular weight is 408 g/mol. The van der Waals surface area contributed by atoms with E-state index in [2.05, 4.69) is 5.32 Å². The summed E-state index contributed by atoms with van der Waals surface area (Å²) in [4.78, 5) is 24.3. The number of fused-ring (bicyclic) bond motifs is 1. The minimum absolute atomic E-state index is 0.0142. The molecule has 8 nitrogen and oxygen atoms in total. The van der Waals surface area contributed by atoms with Gasteiger partial charge in [0.15, 0.2) is 0 Å². The highest BCUT2D eigenvalue weighted by molar-refractivity contribution is 6.04. The summed E-state index contributed by atoms with van der Waals surface area (Å²) in [7, 11) is 3.07. The monoisotopic (exact) mass is 408 g/mol. The number of amides is 1. The lowest BCUT2D eigenvalue weighted by Crippen LogP contribution is -2.25. The zero-order valence-electron chi connectivity index (χ0n) is 16.4. The number of aromatic carboxylic acids is 1. The fourth-order valence-electron chi connectivity index (χ4n) is 3.80. The number of phenols is 1. The maximum Gasteiger partial charge on any atom is 0.339 e. The zero-order valence-corrected chi connectivity index (χ0v) is 16.4. The lowest BCUT2D eigenvalue weighted by Gasteiger charge is -2.26. The summed E-state index contributed by atoms with van der Waals surface area (Å²) in [5, 5.41) is 22.1. The maximum atomic E-state index is 12.4. The molecule has 3 aromatic rings. The lowest BCUT2D eigenvalue weighted by atomic mass is 9.88. The molecule has 2 aromatic carbocycles. The minimum Gasteiger partial charge on any atom is -0.508 e. The van der Waals surface area contributed by atoms with Crippen molar-refractivity contribution in [2.45, 2.75) is 12.3 Å². The van der Waals surface area contributed by atoms with Gasteiger partial charge in [0.1, 0.15) is 22.8 Å². The third kappa shape index (κ3) is 3.22. The fourth-order valence-corrected chi connectivity index (χ4v) is 3.80. The number of rotatable bonds is 5. The number of hydrogen-bond acceptors (Lipinski definition) is 5. The van der Waals surface area contributed by atoms with E-state index in [-0.39, 0.29) is 29.3 Å². The van der Waals surface area contributed by atoms with Gasteiger partial charge in [-0.25, -0.2) is 4.79 Å². The third-order valence-corrected chi connectivity index (χ3v) is 5.20. The molecule has 8 heteroatoms. The number of carboxylic acids is 1. The Labute approximate surface area is 172 Å². The number of carbonyl (C=O) groups is 2. The largest absolute Gasteiger partial charge is 0.508 e. The Kier molecular flexibility index (Phi) is 4.83. The molecule has 1 atom stereocenters. The van der Waals surface area contributed by atoms with Gasteiger partial charge in [0.25, 0.3) is 0 Å². The predicted molar refractivity (Wildman–Crippen MR) is 109 cm³/mol. The molecule has 3 N–H and O–H groups in total. The first-order valence-corrected chi connectivity index (χ1v) is 9.22. The predicted octanol–water partition coefficient (Wildman–Crippen LogP) is 3.37. The second kappa shape index (κ2) is 7.47. The Morgan fingerprint density at radius 2 is 1.87 bits per heavy atom. The van der Waals surface area contributed by atoms with Gasteiger partial charge in [0, 0.05) is 24.6 Å². The summed E-state index contributed by atoms with van der Waals surface area (Å²) < 4.78 is 12.5. The van der Waals surface area contributed by atoms with E-state index in [4.69, 9.17) is 9.47 Å². The summed E-state index contributed by atoms with van der Waals surface area (Å²) in [6, 6.07) is 11.8. The van der Waals surface area contributed by atoms with E-state index in [0.29, 0.717) is 22.9 Å². The molecule has 1 aliphatic rings. The van der Waals surface area contributed by atoms with Crippen molar-refractivity contribution < 1.29 is 29.3 Å². The van der Waals surface area contributed by atoms with E-state index in [1.165, 1.54) is 13.3 Å². The molecular formula is C22H20N2O6. The van der Waals surface area contributed by atoms with Gasteiger partial charge in [-0.2, -0.15) is 0 Å². The van der Waals surface area contributed by atoms with Crippen LogP contribution in [0.15, 0.2) is 48.7 Å². The van der Waals surface area contributed by atoms with Crippen LogP contribution in [-0.4, -0.2) is 40.9 Å². The Morgan fingerprint density at radius 3 is 2.50 bits per heavy atom. The van der Waals surface area contributed by atoms with Crippen molar-refractivity contribution >= 4 is 17.6 Å². The standard InChI is InChI=1S/C22H20N2O6/c1-29-14-7-8-17(18(9-14)30-2)24-11-16(22(27)28)20-21(24)15(10-19(26)23-20)12-3-5-13(25)6-4-12/h3-9,11,15,25H,10H2,1-2H3,(H,23,26)(H,27,28). The second-order valence-electron chi connectivity index (χ2n) is 6.91. The Hall–Kier alpha value is -3.94. The van der Waals surface area contributed by atoms with E-state index < -0.39 is 11.9 Å². The van der Waals surface area contributed by atoms with Gasteiger partial charge < -0.3 is 29.6 Å². The first kappa shape index (κ1) is 19.4. The molecule has 0 spiro atoms. The fraction of sp³-hybridized carbons (Fsp3) is 0.182. The van der Waals surface area contributed by atoms with Crippen molar-refractivity contribution in [2.75, 3.05) is 19.5 Å². The molecule has 0 saturated carbocycles. The van der Waals surface area contributed by atoms with Gasteiger partial charge in [-0.1, -0.05) is 12.1 Å². The zero-order chi connectivity index (χ0) is 21.4. The van der Waals surface area contributed by atoms with Gasteiger partial charge in [-0.05, 0) is 29.8 Å². The van der Waals surface area contributed by atoms with Crippen molar-refractivity contribution in [3.05, 3.63) is 65.5 Å². The molecule has 1 aliphatic heterocycles. The van der Waals surface area contributed by atoms with Crippen LogP contribution in [0.2, 0.25) is 0 Å². The third-order valence-electron chi connectivity index (χ3n) is 5.20. The number of aromatic hydroxyl groups is 1. The summed E-state index contributed by atoms with van der Waals surface area (Å²) in [5.74, 6) is -0.637. The number of hydrogen-bond donors (Lipinski definition) is 3. The summed E-state index contributed by atoms with van der Waals surface area (Å²) in [6.07, 6.45) is 1.62. The highest BCUT2D eigenvalue weighted by atomic mass is 16.5. The van der Waals surface area contributed by atoms with Crippen LogP contribution in [0.25, 0.3) is 5.69 Å². The minimum atomic E-state index is -1.15. The van der Waals surface area contributed by atoms with Crippen molar-refractivity contribution in [1.29, 1.82) is 0 Å². The van der Waals surface area contributed by atoms with Crippen LogP contribution in [0.4, 0.5) is 5.69 Å². The molecule has 1 amide bonds. The lowest BCUT2D eigenvalue weighted by molar-refractivity contribution is -0.116. The van der Waals surface area contributed by atoms with Crippen molar-refractivity contribution in [1.82, 2.24) is 4.57 Å². The molecule has 0 bridgehead atoms. The molecule has 30 heavy (non-hydrogen) atoms. The van der Waals surface area contributed by atoms with Crippen LogP contribution >= 0.6 is 0 Å². The molecule has 4 rings (SSSR count). The Balaban J connectivity index is 1.98. The smallest absolute Gasteiger partial charge is 0.339 e. The summed E-state index contributed by atoms with van der Waals surface area (Å²) in [5.41, 5.74) is 2.27. The molecule has 2 heterocycles. The number of ether oxygens (including phenoxy) is 2. The van der Waals surface area contributed by atoms with Crippen molar-refractivity contribution in [2.24, 2.45) is 0 Å². The quantitative estimate of drug-likeness (QED) is 0.597. The number of carboxylic acid groups (broad SMARTS) is 1. The van der Waals surface area contributed by atoms with Crippen molar-refractivity contribution in [3.63, 3.8) is 0 Å². The normalized spacial score (nSPS) is 15.3. The number of methoxy groups -OCH3 is 2. The summed E-state index contributed by atoms with van der Waals surface area (Å²) >= 11 is 0. The highest BCUT2D eigenvalue weighted by Crippen LogP contribution is 2.43. The van der Waals surface area contributed by atoms with E-state index in [9.17, 15) is 19.8 Å². The average Bonchev–Trinajstić information content (AvgIpc) is 3.12. The number of nitrogens with one attached hydrogen (secondary N) is 1. The Morgan fingerprint density at radius 1 is 1.13 bits per heavy atom. The second-order valence-corrected chi connectivity index (χ2v) is 6.91. The number of carbonyl (C=O) groups excluding carboxylic acids is 1. The van der Waals surface area contributed by atoms with Crippen LogP contribution in [0, 0.1) is 0 Å². The number of phenolic OH excluding ortho intramolecular Hbond substituents is 1. The molecule has 1 aromatic heterocycles. The van der Waals surface area contributed by atoms with E-state index >= 15 is 0 Å². The van der Waals surface area contributed by atoms with E-state index in [1.807, 2.05) is 0 Å². The molecule has 154 valence electrons. The van der Waals surface area contributed by atoms with Crippen molar-refractivity contribution in [3.8, 4) is 22.9 Å². The van der Waals surface area contributed by atoms with E-state index in [1.54, 1.807) is 54.1 Å². The van der Waals surface area contributed by atoms with Gasteiger partial charge in [0.2, 0.25) is 5.91 Å². The van der Waals surface area contributed by atoms with Gasteiger partial charge >= 0.3 is 5.97 Å². The van der Waals surface area contributed by atoms with Crippen LogP contribution in [0.3, 0.4) is 0 Å². The van der Waals surface area contributed by atoms with Gasteiger partial charge in [-0.3, -0.25) is 4.79 Å². The first-order valence-electron chi connectivity index (χ1n) is 9.22. The van der Waals surface area contributed by atoms with Gasteiger partial charge in [-0.15, -0.1) is 0 Å². The number of nitrogens with zero attached hydrogens (tertiary/aromatic N) is 1. The molecular weight excluding hydrogens is 388 g/mol. The van der Waals surface area contributed by atoms with Crippen LogP contribution < -0.4 is 14.8 Å². The number of aromatic nitrogens is 1. The maximum absolute atomic E-state index is 12.4. The van der Waals surface area contributed by atoms with E-state index in [0.717, 1.165) is 5.56 Å². The van der Waals surface area contributed by atoms with Crippen LogP contribution in [0.5, 0.6) is 17.2 Å². The molecule has 0 fully saturated rings. The highest BCUT2D eigenvalue weighted by Gasteiger charge is 2.35. The Bertz CT molecular complexity index is 1130. The SMILES string of the molecule is COc1ccc(-n2cc(C(=O)O)c3c2C(c2ccc(O)cc2)CC(=O)N3)c(OC)c1.